The van der Waals surface area contributed by atoms with Gasteiger partial charge in [-0.3, -0.25) is 4.79 Å². The number of nitrogens with zero attached hydrogens (tertiary/aromatic N) is 3. The van der Waals surface area contributed by atoms with Crippen molar-refractivity contribution in [1.82, 2.24) is 15.0 Å². The molecule has 0 saturated heterocycles. The van der Waals surface area contributed by atoms with Crippen LogP contribution in [-0.2, 0) is 11.3 Å². The number of benzene rings is 1. The fourth-order valence-electron chi connectivity index (χ4n) is 8.87. The molecule has 5 nitrogen and oxygen atoms in total. The number of ketones is 1. The van der Waals surface area contributed by atoms with Crippen molar-refractivity contribution >= 4 is 16.8 Å². The van der Waals surface area contributed by atoms with E-state index in [4.69, 9.17) is 0 Å². The molecule has 8 unspecified atom stereocenters. The van der Waals surface area contributed by atoms with Gasteiger partial charge in [0.25, 0.3) is 0 Å². The van der Waals surface area contributed by atoms with Gasteiger partial charge in [0.05, 0.1) is 5.60 Å². The molecule has 1 heterocycles. The average molecular weight is 472 g/mol. The summed E-state index contributed by atoms with van der Waals surface area (Å²) in [5.74, 6) is 2.77. The quantitative estimate of drug-likeness (QED) is 0.673. The zero-order chi connectivity index (χ0) is 23.7. The van der Waals surface area contributed by atoms with E-state index in [9.17, 15) is 18.7 Å². The van der Waals surface area contributed by atoms with E-state index in [1.807, 2.05) is 0 Å². The van der Waals surface area contributed by atoms with E-state index < -0.39 is 12.3 Å². The van der Waals surface area contributed by atoms with E-state index in [1.54, 1.807) is 6.07 Å². The molecule has 1 N–H and O–H groups in total. The van der Waals surface area contributed by atoms with Crippen molar-refractivity contribution < 1.29 is 18.7 Å². The Labute approximate surface area is 199 Å². The average Bonchev–Trinajstić information content (AvgIpc) is 3.38. The highest BCUT2D eigenvalue weighted by atomic mass is 19.1. The SMILES string of the molecule is CC12CCC3C4CCC(O)(CF)CC4CCC3C1CCC2C(=O)Cn1nc2ccc(F)cc2n1. The van der Waals surface area contributed by atoms with Crippen LogP contribution in [0.15, 0.2) is 18.2 Å². The van der Waals surface area contributed by atoms with Gasteiger partial charge in [0.1, 0.15) is 30.1 Å². The second-order valence-electron chi connectivity index (χ2n) is 12.0. The van der Waals surface area contributed by atoms with Crippen LogP contribution in [0.2, 0.25) is 0 Å². The first-order valence-corrected chi connectivity index (χ1v) is 13.1. The summed E-state index contributed by atoms with van der Waals surface area (Å²) in [6, 6.07) is 4.32. The van der Waals surface area contributed by atoms with Gasteiger partial charge >= 0.3 is 0 Å². The first kappa shape index (κ1) is 22.6. The zero-order valence-corrected chi connectivity index (χ0v) is 19.9. The summed E-state index contributed by atoms with van der Waals surface area (Å²) in [5, 5.41) is 19.3. The Morgan fingerprint density at radius 3 is 2.68 bits per heavy atom. The maximum atomic E-state index is 13.5. The summed E-state index contributed by atoms with van der Waals surface area (Å²) in [6.45, 7) is 1.86. The Morgan fingerprint density at radius 2 is 1.85 bits per heavy atom. The van der Waals surface area contributed by atoms with E-state index in [1.165, 1.54) is 16.9 Å². The molecule has 34 heavy (non-hydrogen) atoms. The molecule has 6 rings (SSSR count). The molecule has 0 radical (unpaired) electrons. The topological polar surface area (TPSA) is 68.0 Å². The normalized spacial score (nSPS) is 41.6. The van der Waals surface area contributed by atoms with E-state index in [2.05, 4.69) is 17.1 Å². The number of rotatable bonds is 4. The van der Waals surface area contributed by atoms with Crippen LogP contribution < -0.4 is 0 Å². The Balaban J connectivity index is 1.17. The Kier molecular flexibility index (Phi) is 5.36. The summed E-state index contributed by atoms with van der Waals surface area (Å²) >= 11 is 0. The fourth-order valence-corrected chi connectivity index (χ4v) is 8.87. The number of carbonyl (C=O) groups excluding carboxylic acids is 1. The molecule has 4 aliphatic carbocycles. The Bertz CT molecular complexity index is 1100. The number of halogens is 2. The van der Waals surface area contributed by atoms with E-state index in [0.29, 0.717) is 53.5 Å². The monoisotopic (exact) mass is 471 g/mol. The molecular weight excluding hydrogens is 436 g/mol. The van der Waals surface area contributed by atoms with Gasteiger partial charge in [0, 0.05) is 12.0 Å². The number of carbonyl (C=O) groups is 1. The summed E-state index contributed by atoms with van der Waals surface area (Å²) in [7, 11) is 0. The molecule has 8 atom stereocenters. The lowest BCUT2D eigenvalue weighted by Crippen LogP contribution is -2.52. The molecule has 4 fully saturated rings. The van der Waals surface area contributed by atoms with Crippen molar-refractivity contribution in [3.8, 4) is 0 Å². The van der Waals surface area contributed by atoms with Gasteiger partial charge in [-0.2, -0.15) is 15.0 Å². The van der Waals surface area contributed by atoms with Crippen LogP contribution in [0.25, 0.3) is 11.0 Å². The molecule has 0 spiro atoms. The van der Waals surface area contributed by atoms with Gasteiger partial charge in [-0.15, -0.1) is 0 Å². The predicted molar refractivity (Wildman–Crippen MR) is 124 cm³/mol. The van der Waals surface area contributed by atoms with Crippen molar-refractivity contribution in [2.45, 2.75) is 76.9 Å². The Hall–Kier alpha value is -1.89. The number of alkyl halides is 1. The van der Waals surface area contributed by atoms with Gasteiger partial charge in [-0.25, -0.2) is 8.78 Å². The predicted octanol–water partition coefficient (Wildman–Crippen LogP) is 5.11. The lowest BCUT2D eigenvalue weighted by Gasteiger charge is -2.56. The number of fused-ring (bicyclic) bond motifs is 6. The van der Waals surface area contributed by atoms with Gasteiger partial charge < -0.3 is 5.11 Å². The third kappa shape index (κ3) is 3.52. The summed E-state index contributed by atoms with van der Waals surface area (Å²) in [5.41, 5.74) is -0.000999. The van der Waals surface area contributed by atoms with Crippen LogP contribution in [0.4, 0.5) is 8.78 Å². The number of hydrogen-bond acceptors (Lipinski definition) is 4. The Morgan fingerprint density at radius 1 is 1.06 bits per heavy atom. The maximum absolute atomic E-state index is 13.5. The molecule has 1 aromatic carbocycles. The second-order valence-corrected chi connectivity index (χ2v) is 12.0. The van der Waals surface area contributed by atoms with Crippen molar-refractivity contribution in [2.75, 3.05) is 6.67 Å². The number of aromatic nitrogens is 3. The summed E-state index contributed by atoms with van der Waals surface area (Å²) in [6.07, 6.45) is 8.60. The lowest BCUT2D eigenvalue weighted by atomic mass is 9.49. The first-order valence-electron chi connectivity index (χ1n) is 13.1. The third-order valence-electron chi connectivity index (χ3n) is 10.4. The molecule has 0 aliphatic heterocycles. The molecule has 4 saturated carbocycles. The van der Waals surface area contributed by atoms with Crippen molar-refractivity contribution in [3.05, 3.63) is 24.0 Å². The zero-order valence-electron chi connectivity index (χ0n) is 19.9. The van der Waals surface area contributed by atoms with Crippen molar-refractivity contribution in [1.29, 1.82) is 0 Å². The van der Waals surface area contributed by atoms with Crippen LogP contribution in [0, 0.1) is 46.7 Å². The van der Waals surface area contributed by atoms with Crippen LogP contribution in [0.3, 0.4) is 0 Å². The van der Waals surface area contributed by atoms with Gasteiger partial charge in [0.15, 0.2) is 5.78 Å². The van der Waals surface area contributed by atoms with Gasteiger partial charge in [-0.05, 0) is 105 Å². The lowest BCUT2D eigenvalue weighted by molar-refractivity contribution is -0.134. The molecule has 4 aliphatic rings. The molecule has 0 bridgehead atoms. The summed E-state index contributed by atoms with van der Waals surface area (Å²) in [4.78, 5) is 14.9. The fraction of sp³-hybridized carbons (Fsp3) is 0.741. The van der Waals surface area contributed by atoms with Crippen molar-refractivity contribution in [3.63, 3.8) is 0 Å². The molecular formula is C27H35F2N3O2. The highest BCUT2D eigenvalue weighted by Crippen LogP contribution is 2.64. The third-order valence-corrected chi connectivity index (χ3v) is 10.4. The molecule has 1 aromatic heterocycles. The van der Waals surface area contributed by atoms with E-state index in [0.717, 1.165) is 44.9 Å². The highest BCUT2D eigenvalue weighted by Gasteiger charge is 2.59. The molecule has 0 amide bonds. The highest BCUT2D eigenvalue weighted by molar-refractivity contribution is 5.82. The minimum Gasteiger partial charge on any atom is -0.387 e. The minimum atomic E-state index is -1.10. The maximum Gasteiger partial charge on any atom is 0.159 e. The number of aliphatic hydroxyl groups is 1. The van der Waals surface area contributed by atoms with Crippen LogP contribution in [-0.4, -0.2) is 38.2 Å². The van der Waals surface area contributed by atoms with Crippen LogP contribution in [0.1, 0.15) is 64.7 Å². The van der Waals surface area contributed by atoms with Gasteiger partial charge in [0.2, 0.25) is 0 Å². The van der Waals surface area contributed by atoms with E-state index in [-0.39, 0.29) is 29.5 Å². The summed E-state index contributed by atoms with van der Waals surface area (Å²) < 4.78 is 26.9. The van der Waals surface area contributed by atoms with Crippen molar-refractivity contribution in [2.24, 2.45) is 40.9 Å². The number of Topliss-reactive ketones (excluding diaryl/α,β-unsaturated/α-hetero) is 1. The largest absolute Gasteiger partial charge is 0.387 e. The smallest absolute Gasteiger partial charge is 0.159 e. The van der Waals surface area contributed by atoms with E-state index >= 15 is 0 Å². The van der Waals surface area contributed by atoms with Gasteiger partial charge in [-0.1, -0.05) is 6.92 Å². The van der Waals surface area contributed by atoms with Crippen LogP contribution >= 0.6 is 0 Å². The number of hydrogen-bond donors (Lipinski definition) is 1. The molecule has 7 heteroatoms. The minimum absolute atomic E-state index is 0.0120. The standard InChI is InChI=1S/C27H35F2N3O2/c1-26-10-8-19-18-9-11-27(34,15-28)13-16(18)2-4-20(19)21(26)5-6-22(26)25(33)14-32-30-23-7-3-17(29)12-24(23)31-32/h3,7,12,16,18-22,34H,2,4-6,8-11,13-15H2,1H3. The first-order chi connectivity index (χ1) is 16.3. The second kappa shape index (κ2) is 8.07. The molecule has 184 valence electrons. The van der Waals surface area contributed by atoms with Crippen LogP contribution in [0.5, 0.6) is 0 Å². The molecule has 2 aromatic rings.